The zero-order valence-electron chi connectivity index (χ0n) is 19.9. The topological polar surface area (TPSA) is 179 Å². The summed E-state index contributed by atoms with van der Waals surface area (Å²) in [6.45, 7) is -0.664. The number of methoxy groups -OCH3 is 1. The number of aliphatic hydroxyl groups excluding tert-OH is 5. The zero-order valence-corrected chi connectivity index (χ0v) is 19.9. The number of aliphatic hydroxyl groups is 5. The van der Waals surface area contributed by atoms with Crippen molar-refractivity contribution in [3.63, 3.8) is 0 Å². The molecule has 0 aromatic heterocycles. The van der Waals surface area contributed by atoms with Crippen molar-refractivity contribution >= 4 is 0 Å². The highest BCUT2D eigenvalue weighted by Gasteiger charge is 2.43. The first-order valence-electron chi connectivity index (χ1n) is 11.6. The van der Waals surface area contributed by atoms with Crippen molar-refractivity contribution in [1.29, 1.82) is 0 Å². The molecule has 36 heavy (non-hydrogen) atoms. The van der Waals surface area contributed by atoms with Crippen LogP contribution in [0.2, 0.25) is 0 Å². The molecule has 6 atom stereocenters. The van der Waals surface area contributed by atoms with Crippen LogP contribution < -0.4 is 9.47 Å². The normalized spacial score (nSPS) is 24.9. The minimum atomic E-state index is -1.50. The van der Waals surface area contributed by atoms with Gasteiger partial charge in [-0.1, -0.05) is 12.1 Å². The lowest BCUT2D eigenvalue weighted by atomic mass is 9.99. The molecule has 7 N–H and O–H groups in total. The van der Waals surface area contributed by atoms with Gasteiger partial charge in [-0.05, 0) is 48.2 Å². The molecule has 1 saturated heterocycles. The van der Waals surface area contributed by atoms with Crippen molar-refractivity contribution in [3.05, 3.63) is 47.5 Å². The molecule has 1 fully saturated rings. The zero-order chi connectivity index (χ0) is 26.2. The van der Waals surface area contributed by atoms with Crippen LogP contribution in [0.15, 0.2) is 36.4 Å². The largest absolute Gasteiger partial charge is 0.504 e. The van der Waals surface area contributed by atoms with Crippen LogP contribution in [-0.2, 0) is 22.3 Å². The van der Waals surface area contributed by atoms with E-state index in [-0.39, 0.29) is 30.5 Å². The van der Waals surface area contributed by atoms with Crippen LogP contribution in [0.4, 0.5) is 0 Å². The molecule has 0 radical (unpaired) electrons. The Kier molecular flexibility index (Phi) is 10.1. The van der Waals surface area contributed by atoms with Crippen LogP contribution >= 0.6 is 0 Å². The minimum absolute atomic E-state index is 0.00883. The monoisotopic (exact) mass is 510 g/mol. The SMILES string of the molecule is COc1cc(C[C@H](CO)Oc2ccc(CCCO[C@@H]3O[C@H](CO)[C@@H](O)[C@H](O)[C@H]3O)cc2O)ccc1O. The molecule has 3 rings (SSSR count). The highest BCUT2D eigenvalue weighted by molar-refractivity contribution is 5.43. The second-order valence-electron chi connectivity index (χ2n) is 8.61. The molecule has 1 heterocycles. The number of hydrogen-bond donors (Lipinski definition) is 7. The lowest BCUT2D eigenvalue weighted by Gasteiger charge is -2.39. The summed E-state index contributed by atoms with van der Waals surface area (Å²) >= 11 is 0. The van der Waals surface area contributed by atoms with Crippen molar-refractivity contribution in [3.8, 4) is 23.0 Å². The van der Waals surface area contributed by atoms with E-state index in [0.29, 0.717) is 25.0 Å². The van der Waals surface area contributed by atoms with Gasteiger partial charge in [0.1, 0.15) is 30.5 Å². The molecule has 2 aromatic carbocycles. The summed E-state index contributed by atoms with van der Waals surface area (Å²) in [6.07, 6.45) is -5.91. The van der Waals surface area contributed by atoms with Crippen LogP contribution in [0.1, 0.15) is 17.5 Å². The Morgan fingerprint density at radius 2 is 1.64 bits per heavy atom. The van der Waals surface area contributed by atoms with E-state index in [9.17, 15) is 35.7 Å². The molecule has 11 heteroatoms. The van der Waals surface area contributed by atoms with Crippen molar-refractivity contribution < 1.29 is 54.7 Å². The number of aromatic hydroxyl groups is 2. The fourth-order valence-electron chi connectivity index (χ4n) is 3.93. The van der Waals surface area contributed by atoms with Gasteiger partial charge in [0.05, 0.1) is 26.9 Å². The maximum atomic E-state index is 10.4. The number of rotatable bonds is 12. The van der Waals surface area contributed by atoms with Gasteiger partial charge in [-0.15, -0.1) is 0 Å². The molecule has 1 aliphatic rings. The molecule has 0 aliphatic carbocycles. The molecule has 0 amide bonds. The van der Waals surface area contributed by atoms with Gasteiger partial charge in [-0.25, -0.2) is 0 Å². The van der Waals surface area contributed by atoms with Crippen LogP contribution in [0.3, 0.4) is 0 Å². The number of aryl methyl sites for hydroxylation is 1. The second-order valence-corrected chi connectivity index (χ2v) is 8.61. The highest BCUT2D eigenvalue weighted by Crippen LogP contribution is 2.30. The van der Waals surface area contributed by atoms with Gasteiger partial charge in [0, 0.05) is 6.42 Å². The molecule has 0 saturated carbocycles. The molecular formula is C25H34O11. The average molecular weight is 511 g/mol. The first kappa shape index (κ1) is 27.9. The maximum Gasteiger partial charge on any atom is 0.186 e. The van der Waals surface area contributed by atoms with Crippen molar-refractivity contribution in [1.82, 2.24) is 0 Å². The fourth-order valence-corrected chi connectivity index (χ4v) is 3.93. The van der Waals surface area contributed by atoms with Crippen LogP contribution in [0, 0.1) is 0 Å². The van der Waals surface area contributed by atoms with Crippen LogP contribution in [0.25, 0.3) is 0 Å². The van der Waals surface area contributed by atoms with Crippen molar-refractivity contribution in [2.75, 3.05) is 26.9 Å². The van der Waals surface area contributed by atoms with E-state index >= 15 is 0 Å². The first-order chi connectivity index (χ1) is 17.3. The molecular weight excluding hydrogens is 476 g/mol. The Hall–Kier alpha value is -2.64. The summed E-state index contributed by atoms with van der Waals surface area (Å²) in [5.74, 6) is 0.437. The summed E-state index contributed by atoms with van der Waals surface area (Å²) in [7, 11) is 1.44. The van der Waals surface area contributed by atoms with E-state index < -0.39 is 43.4 Å². The van der Waals surface area contributed by atoms with Crippen molar-refractivity contribution in [2.45, 2.75) is 56.1 Å². The third kappa shape index (κ3) is 6.98. The number of phenolic OH excluding ortho intramolecular Hbond substituents is 2. The van der Waals surface area contributed by atoms with Gasteiger partial charge < -0.3 is 54.7 Å². The molecule has 11 nitrogen and oxygen atoms in total. The molecule has 0 spiro atoms. The molecule has 1 aliphatic heterocycles. The third-order valence-electron chi connectivity index (χ3n) is 5.97. The molecule has 0 bridgehead atoms. The summed E-state index contributed by atoms with van der Waals surface area (Å²) in [5, 5.41) is 68.7. The number of phenols is 2. The Balaban J connectivity index is 1.50. The Bertz CT molecular complexity index is 967. The van der Waals surface area contributed by atoms with Gasteiger partial charge in [0.15, 0.2) is 29.3 Å². The van der Waals surface area contributed by atoms with Crippen LogP contribution in [0.5, 0.6) is 23.0 Å². The van der Waals surface area contributed by atoms with Gasteiger partial charge in [-0.3, -0.25) is 0 Å². The Morgan fingerprint density at radius 3 is 2.31 bits per heavy atom. The van der Waals surface area contributed by atoms with E-state index in [2.05, 4.69) is 0 Å². The number of benzene rings is 2. The van der Waals surface area contributed by atoms with E-state index in [0.717, 1.165) is 11.1 Å². The predicted octanol–water partition coefficient (Wildman–Crippen LogP) is -0.162. The minimum Gasteiger partial charge on any atom is -0.504 e. The van der Waals surface area contributed by atoms with E-state index in [1.165, 1.54) is 13.2 Å². The summed E-state index contributed by atoms with van der Waals surface area (Å²) in [5.41, 5.74) is 1.57. The van der Waals surface area contributed by atoms with Gasteiger partial charge in [0.25, 0.3) is 0 Å². The number of ether oxygens (including phenoxy) is 4. The molecule has 2 aromatic rings. The van der Waals surface area contributed by atoms with E-state index in [4.69, 9.17) is 18.9 Å². The van der Waals surface area contributed by atoms with E-state index in [1.807, 2.05) is 0 Å². The molecule has 200 valence electrons. The van der Waals surface area contributed by atoms with Gasteiger partial charge in [0.2, 0.25) is 0 Å². The first-order valence-corrected chi connectivity index (χ1v) is 11.6. The Labute approximate surface area is 208 Å². The van der Waals surface area contributed by atoms with Gasteiger partial charge in [-0.2, -0.15) is 0 Å². The fraction of sp³-hybridized carbons (Fsp3) is 0.520. The second kappa shape index (κ2) is 13.1. The van der Waals surface area contributed by atoms with Crippen LogP contribution in [-0.4, -0.2) is 99.5 Å². The van der Waals surface area contributed by atoms with Gasteiger partial charge >= 0.3 is 0 Å². The Morgan fingerprint density at radius 1 is 0.889 bits per heavy atom. The summed E-state index contributed by atoms with van der Waals surface area (Å²) in [4.78, 5) is 0. The van der Waals surface area contributed by atoms with Crippen molar-refractivity contribution in [2.24, 2.45) is 0 Å². The average Bonchev–Trinajstić information content (AvgIpc) is 2.88. The predicted molar refractivity (Wildman–Crippen MR) is 126 cm³/mol. The summed E-state index contributed by atoms with van der Waals surface area (Å²) in [6, 6.07) is 9.75. The maximum absolute atomic E-state index is 10.4. The standard InChI is InChI=1S/C25H34O11/c1-33-20-11-15(4-6-17(20)28)9-16(12-26)35-19-7-5-14(10-18(19)29)3-2-8-34-25-24(32)23(31)22(30)21(13-27)36-25/h4-7,10-11,16,21-32H,2-3,8-9,12-13H2,1H3/t16-,21-,22-,23+,24-,25-/m1/s1. The highest BCUT2D eigenvalue weighted by atomic mass is 16.7. The summed E-state index contributed by atoms with van der Waals surface area (Å²) < 4.78 is 21.6. The quantitative estimate of drug-likeness (QED) is 0.189. The lowest BCUT2D eigenvalue weighted by molar-refractivity contribution is -0.301. The lowest BCUT2D eigenvalue weighted by Crippen LogP contribution is -2.59. The number of hydrogen-bond acceptors (Lipinski definition) is 11. The third-order valence-corrected chi connectivity index (χ3v) is 5.97. The molecule has 0 unspecified atom stereocenters. The van der Waals surface area contributed by atoms with E-state index in [1.54, 1.807) is 30.3 Å². The smallest absolute Gasteiger partial charge is 0.186 e.